The van der Waals surface area contributed by atoms with Gasteiger partial charge >= 0.3 is 0 Å². The summed E-state index contributed by atoms with van der Waals surface area (Å²) in [5, 5.41) is 0. The van der Waals surface area contributed by atoms with E-state index in [-0.39, 0.29) is 6.10 Å². The third-order valence-corrected chi connectivity index (χ3v) is 4.62. The van der Waals surface area contributed by atoms with Gasteiger partial charge in [-0.1, -0.05) is 24.3 Å². The Labute approximate surface area is 122 Å². The summed E-state index contributed by atoms with van der Waals surface area (Å²) in [5.41, 5.74) is 8.95. The molecule has 20 heavy (non-hydrogen) atoms. The van der Waals surface area contributed by atoms with Gasteiger partial charge in [-0.25, -0.2) is 0 Å². The van der Waals surface area contributed by atoms with Crippen molar-refractivity contribution in [3.63, 3.8) is 0 Å². The maximum atomic E-state index is 5.98. The van der Waals surface area contributed by atoms with Gasteiger partial charge < -0.3 is 10.5 Å². The van der Waals surface area contributed by atoms with Crippen LogP contribution in [0.5, 0.6) is 0 Å². The van der Waals surface area contributed by atoms with Crippen molar-refractivity contribution in [2.75, 3.05) is 19.7 Å². The molecule has 0 bridgehead atoms. The van der Waals surface area contributed by atoms with Crippen LogP contribution in [0.15, 0.2) is 24.3 Å². The Bertz CT molecular complexity index is 456. The largest absolute Gasteiger partial charge is 0.374 e. The topological polar surface area (TPSA) is 38.5 Å². The molecule has 2 N–H and O–H groups in total. The first-order valence-corrected chi connectivity index (χ1v) is 7.88. The van der Waals surface area contributed by atoms with Gasteiger partial charge in [0.1, 0.15) is 0 Å². The maximum Gasteiger partial charge on any atom is 0.0894 e. The fourth-order valence-corrected chi connectivity index (χ4v) is 3.45. The fraction of sp³-hybridized carbons (Fsp3) is 0.647. The van der Waals surface area contributed by atoms with Crippen LogP contribution in [0.2, 0.25) is 0 Å². The van der Waals surface area contributed by atoms with Crippen LogP contribution in [0.3, 0.4) is 0 Å². The summed E-state index contributed by atoms with van der Waals surface area (Å²) < 4.78 is 5.96. The zero-order chi connectivity index (χ0) is 14.1. The number of rotatable bonds is 4. The Morgan fingerprint density at radius 2 is 1.95 bits per heavy atom. The Morgan fingerprint density at radius 3 is 2.55 bits per heavy atom. The first-order chi connectivity index (χ1) is 9.72. The smallest absolute Gasteiger partial charge is 0.0894 e. The third kappa shape index (κ3) is 2.62. The van der Waals surface area contributed by atoms with Crippen molar-refractivity contribution in [3.05, 3.63) is 35.4 Å². The lowest BCUT2D eigenvalue weighted by molar-refractivity contribution is -0.0791. The quantitative estimate of drug-likeness (QED) is 0.917. The van der Waals surface area contributed by atoms with Gasteiger partial charge in [0.15, 0.2) is 0 Å². The van der Waals surface area contributed by atoms with Crippen LogP contribution in [0, 0.1) is 0 Å². The van der Waals surface area contributed by atoms with Gasteiger partial charge in [0.25, 0.3) is 0 Å². The van der Waals surface area contributed by atoms with Crippen molar-refractivity contribution >= 4 is 0 Å². The second-order valence-electron chi connectivity index (χ2n) is 6.32. The van der Waals surface area contributed by atoms with Crippen LogP contribution in [-0.2, 0) is 4.74 Å². The molecule has 1 aliphatic carbocycles. The van der Waals surface area contributed by atoms with Crippen LogP contribution in [0.25, 0.3) is 0 Å². The summed E-state index contributed by atoms with van der Waals surface area (Å²) in [6, 6.07) is 9.73. The van der Waals surface area contributed by atoms with Gasteiger partial charge in [-0.3, -0.25) is 4.90 Å². The maximum absolute atomic E-state index is 5.98. The molecule has 2 atom stereocenters. The van der Waals surface area contributed by atoms with Crippen molar-refractivity contribution in [1.29, 1.82) is 0 Å². The Kier molecular flexibility index (Phi) is 4.11. The molecular formula is C17H26N2O. The van der Waals surface area contributed by atoms with Gasteiger partial charge in [0, 0.05) is 19.1 Å². The highest BCUT2D eigenvalue weighted by atomic mass is 16.5. The standard InChI is InChI=1S/C17H26N2O/c1-12(2)19-9-10-20-16(11-18)17(19)15-6-4-3-5-14(15)13-7-8-13/h3-6,12-13,16-17H,7-11,18H2,1-2H3. The van der Waals surface area contributed by atoms with E-state index in [0.717, 1.165) is 19.1 Å². The van der Waals surface area contributed by atoms with E-state index < -0.39 is 0 Å². The van der Waals surface area contributed by atoms with Crippen LogP contribution in [0.4, 0.5) is 0 Å². The monoisotopic (exact) mass is 274 g/mol. The lowest BCUT2D eigenvalue weighted by Gasteiger charge is -2.44. The van der Waals surface area contributed by atoms with Gasteiger partial charge in [0.2, 0.25) is 0 Å². The zero-order valence-corrected chi connectivity index (χ0v) is 12.6. The van der Waals surface area contributed by atoms with Crippen molar-refractivity contribution in [2.45, 2.75) is 50.8 Å². The number of morpholine rings is 1. The average Bonchev–Trinajstić information content (AvgIpc) is 3.31. The number of hydrogen-bond acceptors (Lipinski definition) is 3. The lowest BCUT2D eigenvalue weighted by Crippen LogP contribution is -2.51. The molecule has 1 aromatic rings. The molecule has 1 saturated carbocycles. The Balaban J connectivity index is 1.98. The zero-order valence-electron chi connectivity index (χ0n) is 12.6. The van der Waals surface area contributed by atoms with E-state index in [0.29, 0.717) is 18.6 Å². The summed E-state index contributed by atoms with van der Waals surface area (Å²) in [5.74, 6) is 0.764. The van der Waals surface area contributed by atoms with Crippen molar-refractivity contribution < 1.29 is 4.74 Å². The van der Waals surface area contributed by atoms with E-state index in [2.05, 4.69) is 43.0 Å². The van der Waals surface area contributed by atoms with Crippen LogP contribution >= 0.6 is 0 Å². The summed E-state index contributed by atoms with van der Waals surface area (Å²) in [4.78, 5) is 2.56. The first-order valence-electron chi connectivity index (χ1n) is 7.88. The number of nitrogens with two attached hydrogens (primary N) is 1. The molecule has 0 aromatic heterocycles. The van der Waals surface area contributed by atoms with Gasteiger partial charge in [-0.2, -0.15) is 0 Å². The molecule has 3 heteroatoms. The summed E-state index contributed by atoms with van der Waals surface area (Å²) in [6.07, 6.45) is 2.78. The summed E-state index contributed by atoms with van der Waals surface area (Å²) in [7, 11) is 0. The second kappa shape index (κ2) is 5.84. The molecule has 2 fully saturated rings. The highest BCUT2D eigenvalue weighted by Crippen LogP contribution is 2.45. The van der Waals surface area contributed by atoms with Crippen molar-refractivity contribution in [3.8, 4) is 0 Å². The van der Waals surface area contributed by atoms with Gasteiger partial charge in [0.05, 0.1) is 18.8 Å². The number of hydrogen-bond donors (Lipinski definition) is 1. The second-order valence-corrected chi connectivity index (χ2v) is 6.32. The minimum absolute atomic E-state index is 0.117. The van der Waals surface area contributed by atoms with Gasteiger partial charge in [-0.05, 0) is 43.7 Å². The first kappa shape index (κ1) is 14.1. The Hall–Kier alpha value is -0.900. The van der Waals surface area contributed by atoms with E-state index in [4.69, 9.17) is 10.5 Å². The fourth-order valence-electron chi connectivity index (χ4n) is 3.45. The van der Waals surface area contributed by atoms with E-state index in [1.165, 1.54) is 24.0 Å². The highest BCUT2D eigenvalue weighted by molar-refractivity contribution is 5.36. The minimum atomic E-state index is 0.117. The molecule has 110 valence electrons. The molecular weight excluding hydrogens is 248 g/mol. The van der Waals surface area contributed by atoms with E-state index >= 15 is 0 Å². The van der Waals surface area contributed by atoms with Crippen LogP contribution in [0.1, 0.15) is 49.8 Å². The summed E-state index contributed by atoms with van der Waals surface area (Å²) >= 11 is 0. The molecule has 2 unspecified atom stereocenters. The van der Waals surface area contributed by atoms with Crippen LogP contribution in [-0.4, -0.2) is 36.7 Å². The summed E-state index contributed by atoms with van der Waals surface area (Å²) in [6.45, 7) is 6.92. The third-order valence-electron chi connectivity index (χ3n) is 4.62. The molecule has 1 aromatic carbocycles. The number of ether oxygens (including phenoxy) is 1. The number of nitrogens with zero attached hydrogens (tertiary/aromatic N) is 1. The molecule has 1 aliphatic heterocycles. The highest BCUT2D eigenvalue weighted by Gasteiger charge is 2.37. The molecule has 1 saturated heterocycles. The molecule has 2 aliphatic rings. The molecule has 0 amide bonds. The molecule has 0 radical (unpaired) electrons. The van der Waals surface area contributed by atoms with E-state index in [1.54, 1.807) is 0 Å². The molecule has 3 nitrogen and oxygen atoms in total. The molecule has 0 spiro atoms. The van der Waals surface area contributed by atoms with Gasteiger partial charge in [-0.15, -0.1) is 0 Å². The normalized spacial score (nSPS) is 28.0. The lowest BCUT2D eigenvalue weighted by atomic mass is 9.90. The van der Waals surface area contributed by atoms with E-state index in [9.17, 15) is 0 Å². The molecule has 3 rings (SSSR count). The number of benzene rings is 1. The van der Waals surface area contributed by atoms with Crippen LogP contribution < -0.4 is 5.73 Å². The predicted octanol–water partition coefficient (Wildman–Crippen LogP) is 2.67. The Morgan fingerprint density at radius 1 is 1.25 bits per heavy atom. The molecule has 1 heterocycles. The van der Waals surface area contributed by atoms with Crippen molar-refractivity contribution in [2.24, 2.45) is 5.73 Å². The SMILES string of the molecule is CC(C)N1CCOC(CN)C1c1ccccc1C1CC1. The van der Waals surface area contributed by atoms with E-state index in [1.807, 2.05) is 0 Å². The predicted molar refractivity (Wildman–Crippen MR) is 81.8 cm³/mol. The average molecular weight is 274 g/mol. The van der Waals surface area contributed by atoms with Crippen molar-refractivity contribution in [1.82, 2.24) is 4.90 Å². The minimum Gasteiger partial charge on any atom is -0.374 e.